The van der Waals surface area contributed by atoms with E-state index in [1.807, 2.05) is 30.3 Å². The van der Waals surface area contributed by atoms with Crippen molar-refractivity contribution in [1.82, 2.24) is 0 Å². The second-order valence-corrected chi connectivity index (χ2v) is 5.57. The van der Waals surface area contributed by atoms with Gasteiger partial charge in [0.25, 0.3) is 0 Å². The second kappa shape index (κ2) is 5.04. The molecule has 4 rings (SSSR count). The zero-order valence-corrected chi connectivity index (χ0v) is 12.6. The molecule has 0 aliphatic carbocycles. The molecule has 0 saturated carbocycles. The highest BCUT2D eigenvalue weighted by atomic mass is 79.9. The van der Waals surface area contributed by atoms with Crippen molar-refractivity contribution in [2.75, 3.05) is 18.9 Å². The molecule has 0 spiro atoms. The molecule has 6 heteroatoms. The Balaban J connectivity index is 1.52. The molecule has 2 aromatic rings. The third-order valence-electron chi connectivity index (χ3n) is 3.40. The lowest BCUT2D eigenvalue weighted by molar-refractivity contribution is 0.173. The van der Waals surface area contributed by atoms with E-state index >= 15 is 0 Å². The van der Waals surface area contributed by atoms with E-state index in [4.69, 9.17) is 18.9 Å². The number of rotatable bonds is 3. The molecular weight excluding hydrogens is 338 g/mol. The van der Waals surface area contributed by atoms with E-state index in [2.05, 4.69) is 21.2 Å². The van der Waals surface area contributed by atoms with Gasteiger partial charge in [0, 0.05) is 22.8 Å². The van der Waals surface area contributed by atoms with Crippen LogP contribution in [0.5, 0.6) is 23.0 Å². The predicted molar refractivity (Wildman–Crippen MR) is 80.2 cm³/mol. The second-order valence-electron chi connectivity index (χ2n) is 4.72. The lowest BCUT2D eigenvalue weighted by Crippen LogP contribution is -2.00. The Morgan fingerprint density at radius 3 is 2.33 bits per heavy atom. The fourth-order valence-electron chi connectivity index (χ4n) is 2.30. The molecule has 21 heavy (non-hydrogen) atoms. The van der Waals surface area contributed by atoms with Crippen LogP contribution in [-0.2, 0) is 6.54 Å². The molecule has 5 nitrogen and oxygen atoms in total. The van der Waals surface area contributed by atoms with Gasteiger partial charge in [-0.2, -0.15) is 0 Å². The van der Waals surface area contributed by atoms with E-state index in [0.29, 0.717) is 6.54 Å². The smallest absolute Gasteiger partial charge is 0.231 e. The average Bonchev–Trinajstić information content (AvgIpc) is 3.12. The molecule has 0 unspecified atom stereocenters. The Labute approximate surface area is 129 Å². The molecule has 0 amide bonds. The van der Waals surface area contributed by atoms with Crippen molar-refractivity contribution >= 4 is 21.6 Å². The molecule has 2 aliphatic heterocycles. The van der Waals surface area contributed by atoms with Crippen LogP contribution in [0.1, 0.15) is 5.56 Å². The van der Waals surface area contributed by atoms with Crippen LogP contribution >= 0.6 is 15.9 Å². The van der Waals surface area contributed by atoms with Crippen LogP contribution < -0.4 is 24.3 Å². The molecular formula is C15H12BrNO4. The summed E-state index contributed by atoms with van der Waals surface area (Å²) >= 11 is 3.55. The molecule has 108 valence electrons. The highest BCUT2D eigenvalue weighted by Crippen LogP contribution is 2.38. The van der Waals surface area contributed by atoms with Gasteiger partial charge < -0.3 is 24.3 Å². The van der Waals surface area contributed by atoms with Gasteiger partial charge in [-0.15, -0.1) is 0 Å². The Bertz CT molecular complexity index is 704. The summed E-state index contributed by atoms with van der Waals surface area (Å²) in [4.78, 5) is 0. The van der Waals surface area contributed by atoms with Gasteiger partial charge in [0.05, 0.1) is 0 Å². The van der Waals surface area contributed by atoms with E-state index in [1.54, 1.807) is 0 Å². The van der Waals surface area contributed by atoms with E-state index in [1.165, 1.54) is 0 Å². The number of hydrogen-bond donors (Lipinski definition) is 1. The largest absolute Gasteiger partial charge is 0.454 e. The summed E-state index contributed by atoms with van der Waals surface area (Å²) in [5, 5.41) is 3.36. The Kier molecular flexibility index (Phi) is 3.03. The van der Waals surface area contributed by atoms with E-state index in [0.717, 1.165) is 38.7 Å². The first kappa shape index (κ1) is 12.6. The average molecular weight is 350 g/mol. The fourth-order valence-corrected chi connectivity index (χ4v) is 2.76. The van der Waals surface area contributed by atoms with Crippen molar-refractivity contribution in [1.29, 1.82) is 0 Å². The monoisotopic (exact) mass is 349 g/mol. The lowest BCUT2D eigenvalue weighted by atomic mass is 10.2. The van der Waals surface area contributed by atoms with Gasteiger partial charge in [0.15, 0.2) is 23.0 Å². The predicted octanol–water partition coefficient (Wildman–Crippen LogP) is 3.52. The fraction of sp³-hybridized carbons (Fsp3) is 0.200. The maximum atomic E-state index is 5.40. The summed E-state index contributed by atoms with van der Waals surface area (Å²) < 4.78 is 22.4. The summed E-state index contributed by atoms with van der Waals surface area (Å²) in [6.07, 6.45) is 0. The van der Waals surface area contributed by atoms with Crippen LogP contribution in [0.2, 0.25) is 0 Å². The minimum Gasteiger partial charge on any atom is -0.454 e. The number of ether oxygens (including phenoxy) is 4. The molecule has 2 aliphatic rings. The van der Waals surface area contributed by atoms with Crippen molar-refractivity contribution in [2.45, 2.75) is 6.54 Å². The third-order valence-corrected chi connectivity index (χ3v) is 4.14. The van der Waals surface area contributed by atoms with Gasteiger partial charge in [0.1, 0.15) is 0 Å². The normalized spacial score (nSPS) is 14.3. The first-order chi connectivity index (χ1) is 10.3. The van der Waals surface area contributed by atoms with E-state index in [-0.39, 0.29) is 13.6 Å². The van der Waals surface area contributed by atoms with E-state index < -0.39 is 0 Å². The lowest BCUT2D eigenvalue weighted by Gasteiger charge is -2.10. The van der Waals surface area contributed by atoms with Crippen LogP contribution in [-0.4, -0.2) is 13.6 Å². The number of nitrogens with one attached hydrogen (secondary N) is 1. The van der Waals surface area contributed by atoms with Crippen molar-refractivity contribution in [3.63, 3.8) is 0 Å². The molecule has 0 bridgehead atoms. The van der Waals surface area contributed by atoms with Gasteiger partial charge in [-0.25, -0.2) is 0 Å². The van der Waals surface area contributed by atoms with Crippen LogP contribution in [0.15, 0.2) is 34.8 Å². The van der Waals surface area contributed by atoms with Crippen LogP contribution in [0, 0.1) is 0 Å². The van der Waals surface area contributed by atoms with Crippen LogP contribution in [0.25, 0.3) is 0 Å². The zero-order valence-electron chi connectivity index (χ0n) is 11.0. The summed E-state index contributed by atoms with van der Waals surface area (Å²) in [7, 11) is 0. The van der Waals surface area contributed by atoms with Crippen LogP contribution in [0.3, 0.4) is 0 Å². The number of hydrogen-bond acceptors (Lipinski definition) is 5. The van der Waals surface area contributed by atoms with Crippen molar-refractivity contribution in [2.24, 2.45) is 0 Å². The number of benzene rings is 2. The van der Waals surface area contributed by atoms with Gasteiger partial charge >= 0.3 is 0 Å². The maximum Gasteiger partial charge on any atom is 0.231 e. The van der Waals surface area contributed by atoms with Crippen molar-refractivity contribution < 1.29 is 18.9 Å². The summed E-state index contributed by atoms with van der Waals surface area (Å²) in [5.41, 5.74) is 2.07. The first-order valence-electron chi connectivity index (χ1n) is 6.51. The summed E-state index contributed by atoms with van der Waals surface area (Å²) in [5.74, 6) is 3.10. The quantitative estimate of drug-likeness (QED) is 0.918. The molecule has 2 heterocycles. The third kappa shape index (κ3) is 2.35. The zero-order chi connectivity index (χ0) is 14.2. The molecule has 1 N–H and O–H groups in total. The molecule has 0 atom stereocenters. The molecule has 2 aromatic carbocycles. The molecule has 0 fully saturated rings. The van der Waals surface area contributed by atoms with Gasteiger partial charge in [-0.05, 0) is 29.8 Å². The van der Waals surface area contributed by atoms with E-state index in [9.17, 15) is 0 Å². The molecule has 0 aromatic heterocycles. The number of fused-ring (bicyclic) bond motifs is 2. The highest BCUT2D eigenvalue weighted by Gasteiger charge is 2.17. The minimum absolute atomic E-state index is 0.279. The summed E-state index contributed by atoms with van der Waals surface area (Å²) in [6, 6.07) is 9.71. The van der Waals surface area contributed by atoms with Crippen LogP contribution in [0.4, 0.5) is 5.69 Å². The summed E-state index contributed by atoms with van der Waals surface area (Å²) in [6.45, 7) is 1.23. The SMILES string of the molecule is Brc1cc2c(cc1CNc1ccc3c(c1)OCO3)OCO2. The van der Waals surface area contributed by atoms with Gasteiger partial charge in [-0.3, -0.25) is 0 Å². The maximum absolute atomic E-state index is 5.40. The standard InChI is InChI=1S/C15H12BrNO4/c16-11-5-15-13(19-8-21-15)3-9(11)6-17-10-1-2-12-14(4-10)20-7-18-12/h1-5,17H,6-8H2. The number of halogens is 1. The van der Waals surface area contributed by atoms with Gasteiger partial charge in [-0.1, -0.05) is 15.9 Å². The molecule has 0 radical (unpaired) electrons. The topological polar surface area (TPSA) is 49.0 Å². The van der Waals surface area contributed by atoms with Gasteiger partial charge in [0.2, 0.25) is 13.6 Å². The Hall–Kier alpha value is -2.08. The Morgan fingerprint density at radius 1 is 0.857 bits per heavy atom. The highest BCUT2D eigenvalue weighted by molar-refractivity contribution is 9.10. The Morgan fingerprint density at radius 2 is 1.52 bits per heavy atom. The minimum atomic E-state index is 0.279. The molecule has 0 saturated heterocycles. The number of anilines is 1. The van der Waals surface area contributed by atoms with Crippen molar-refractivity contribution in [3.05, 3.63) is 40.4 Å². The van der Waals surface area contributed by atoms with Crippen molar-refractivity contribution in [3.8, 4) is 23.0 Å². The first-order valence-corrected chi connectivity index (χ1v) is 7.30.